The molecule has 3 aliphatic heterocycles. The number of carbonyl (C=O) groups is 3. The Labute approximate surface area is 333 Å². The predicted molar refractivity (Wildman–Crippen MR) is 219 cm³/mol. The first-order valence-electron chi connectivity index (χ1n) is 19.6. The number of anilines is 5. The largest absolute Gasteiger partial charge is 0.385 e. The molecular formula is C41H44FN13O3. The monoisotopic (exact) mass is 785 g/mol. The number of imide groups is 1. The topological polar surface area (TPSA) is 175 Å². The number of urea groups is 1. The van der Waals surface area contributed by atoms with E-state index in [4.69, 9.17) is 15.8 Å². The summed E-state index contributed by atoms with van der Waals surface area (Å²) in [6.07, 6.45) is 8.74. The number of piperazine rings is 1. The SMILES string of the molecule is C1CC1.CNc1cc(N2CCc3c(-c4cc(CN5CCN(c6cc7c(cc6F)c(N6CCC(=O)NC6=O)nn7C)CC5)ccn4)cccc32)nn2c(C(N)=O)cnc12. The number of primary amides is 1. The third-order valence-electron chi connectivity index (χ3n) is 11.1. The Kier molecular flexibility index (Phi) is 9.59. The number of nitrogens with one attached hydrogen (secondary N) is 2. The van der Waals surface area contributed by atoms with Crippen LogP contribution in [0.5, 0.6) is 0 Å². The number of nitrogens with zero attached hydrogens (tertiary/aromatic N) is 10. The average Bonchev–Trinajstić information content (AvgIpc) is 3.85. The fourth-order valence-electron chi connectivity index (χ4n) is 7.93. The molecule has 0 atom stereocenters. The van der Waals surface area contributed by atoms with Crippen LogP contribution in [0.25, 0.3) is 27.8 Å². The van der Waals surface area contributed by atoms with Crippen LogP contribution in [-0.4, -0.2) is 98.4 Å². The fraction of sp³-hybridized carbons (Fsp3) is 0.341. The van der Waals surface area contributed by atoms with Crippen molar-refractivity contribution in [2.24, 2.45) is 12.8 Å². The van der Waals surface area contributed by atoms with Crippen molar-refractivity contribution < 1.29 is 18.8 Å². The highest BCUT2D eigenvalue weighted by atomic mass is 19.1. The van der Waals surface area contributed by atoms with Gasteiger partial charge in [-0.2, -0.15) is 5.10 Å². The van der Waals surface area contributed by atoms with Gasteiger partial charge in [0.1, 0.15) is 11.5 Å². The van der Waals surface area contributed by atoms with Gasteiger partial charge in [-0.3, -0.25) is 34.4 Å². The molecule has 4 N–H and O–H groups in total. The Hall–Kier alpha value is -6.62. The van der Waals surface area contributed by atoms with Crippen molar-refractivity contribution in [2.75, 3.05) is 66.3 Å². The number of pyridine rings is 1. The summed E-state index contributed by atoms with van der Waals surface area (Å²) >= 11 is 0. The molecule has 17 heteroatoms. The number of hydrogen-bond acceptors (Lipinski definition) is 11. The average molecular weight is 786 g/mol. The number of nitrogens with two attached hydrogens (primary N) is 1. The lowest BCUT2D eigenvalue weighted by atomic mass is 10.0. The van der Waals surface area contributed by atoms with Crippen molar-refractivity contribution in [2.45, 2.75) is 38.6 Å². The van der Waals surface area contributed by atoms with Crippen molar-refractivity contribution in [1.82, 2.24) is 39.6 Å². The Morgan fingerprint density at radius 1 is 0.914 bits per heavy atom. The van der Waals surface area contributed by atoms with Crippen molar-refractivity contribution in [1.29, 1.82) is 0 Å². The van der Waals surface area contributed by atoms with E-state index in [0.29, 0.717) is 53.5 Å². The van der Waals surface area contributed by atoms with Crippen LogP contribution in [0.2, 0.25) is 0 Å². The first-order chi connectivity index (χ1) is 28.2. The highest BCUT2D eigenvalue weighted by Gasteiger charge is 2.30. The molecule has 10 rings (SSSR count). The quantitative estimate of drug-likeness (QED) is 0.197. The van der Waals surface area contributed by atoms with Crippen molar-refractivity contribution >= 4 is 63.1 Å². The van der Waals surface area contributed by atoms with Crippen LogP contribution in [0.15, 0.2) is 60.9 Å². The van der Waals surface area contributed by atoms with Gasteiger partial charge in [0, 0.05) is 95.2 Å². The second-order valence-electron chi connectivity index (χ2n) is 15.0. The molecule has 4 aromatic heterocycles. The van der Waals surface area contributed by atoms with Crippen molar-refractivity contribution in [3.63, 3.8) is 0 Å². The van der Waals surface area contributed by atoms with Gasteiger partial charge in [-0.05, 0) is 47.9 Å². The van der Waals surface area contributed by atoms with E-state index in [0.717, 1.165) is 54.3 Å². The second kappa shape index (κ2) is 15.0. The summed E-state index contributed by atoms with van der Waals surface area (Å²) in [7, 11) is 3.57. The number of fused-ring (bicyclic) bond motifs is 3. The third-order valence-corrected chi connectivity index (χ3v) is 11.1. The van der Waals surface area contributed by atoms with Crippen LogP contribution < -0.4 is 31.1 Å². The summed E-state index contributed by atoms with van der Waals surface area (Å²) in [5.74, 6) is -0.317. The van der Waals surface area contributed by atoms with E-state index in [-0.39, 0.29) is 30.4 Å². The lowest BCUT2D eigenvalue weighted by Gasteiger charge is -2.36. The highest BCUT2D eigenvalue weighted by Crippen LogP contribution is 2.40. The molecule has 0 bridgehead atoms. The van der Waals surface area contributed by atoms with E-state index in [2.05, 4.69) is 53.6 Å². The first-order valence-corrected chi connectivity index (χ1v) is 19.6. The van der Waals surface area contributed by atoms with Crippen LogP contribution in [0.1, 0.15) is 47.3 Å². The smallest absolute Gasteiger partial charge is 0.329 e. The lowest BCUT2D eigenvalue weighted by Crippen LogP contribution is -2.49. The molecule has 3 fully saturated rings. The zero-order chi connectivity index (χ0) is 40.1. The van der Waals surface area contributed by atoms with E-state index in [1.165, 1.54) is 46.5 Å². The van der Waals surface area contributed by atoms with E-state index < -0.39 is 11.9 Å². The molecular weight excluding hydrogens is 742 g/mol. The Morgan fingerprint density at radius 2 is 1.71 bits per heavy atom. The number of aromatic nitrogens is 6. The number of hydrogen-bond donors (Lipinski definition) is 3. The van der Waals surface area contributed by atoms with Gasteiger partial charge >= 0.3 is 6.03 Å². The van der Waals surface area contributed by atoms with Gasteiger partial charge in [0.25, 0.3) is 5.91 Å². The molecule has 58 heavy (non-hydrogen) atoms. The van der Waals surface area contributed by atoms with Crippen LogP contribution in [0, 0.1) is 5.82 Å². The van der Waals surface area contributed by atoms with E-state index >= 15 is 4.39 Å². The number of aryl methyl sites for hydroxylation is 1. The third kappa shape index (κ3) is 6.90. The lowest BCUT2D eigenvalue weighted by molar-refractivity contribution is -0.120. The van der Waals surface area contributed by atoms with Crippen LogP contribution in [-0.2, 0) is 24.8 Å². The van der Waals surface area contributed by atoms with Gasteiger partial charge in [0.15, 0.2) is 17.3 Å². The van der Waals surface area contributed by atoms with E-state index in [1.54, 1.807) is 24.8 Å². The van der Waals surface area contributed by atoms with Gasteiger partial charge in [-0.25, -0.2) is 18.7 Å². The molecule has 298 valence electrons. The fourth-order valence-corrected chi connectivity index (χ4v) is 7.93. The molecule has 16 nitrogen and oxygen atoms in total. The maximum Gasteiger partial charge on any atom is 0.329 e. The summed E-state index contributed by atoms with van der Waals surface area (Å²) in [4.78, 5) is 53.3. The second-order valence-corrected chi connectivity index (χ2v) is 15.0. The summed E-state index contributed by atoms with van der Waals surface area (Å²) in [6, 6.07) is 15.0. The molecule has 4 amide bonds. The van der Waals surface area contributed by atoms with Crippen LogP contribution in [0.4, 0.5) is 37.9 Å². The number of imidazole rings is 1. The van der Waals surface area contributed by atoms with E-state index in [9.17, 15) is 14.4 Å². The zero-order valence-corrected chi connectivity index (χ0v) is 32.4. The predicted octanol–water partition coefficient (Wildman–Crippen LogP) is 4.59. The van der Waals surface area contributed by atoms with Crippen molar-refractivity contribution in [3.8, 4) is 11.3 Å². The highest BCUT2D eigenvalue weighted by molar-refractivity contribution is 6.09. The van der Waals surface area contributed by atoms with Gasteiger partial charge in [0.05, 0.1) is 28.8 Å². The number of halogens is 1. The zero-order valence-electron chi connectivity index (χ0n) is 32.4. The molecule has 6 aromatic rings. The maximum absolute atomic E-state index is 15.7. The Morgan fingerprint density at radius 3 is 2.45 bits per heavy atom. The molecule has 1 saturated carbocycles. The Bertz CT molecular complexity index is 2590. The molecule has 2 aromatic carbocycles. The number of rotatable bonds is 8. The number of amides is 4. The first kappa shape index (κ1) is 37.0. The van der Waals surface area contributed by atoms with Crippen LogP contribution >= 0.6 is 0 Å². The summed E-state index contributed by atoms with van der Waals surface area (Å²) < 4.78 is 18.8. The molecule has 7 heterocycles. The van der Waals surface area contributed by atoms with Crippen LogP contribution in [0.3, 0.4) is 0 Å². The van der Waals surface area contributed by atoms with Gasteiger partial charge in [-0.1, -0.05) is 31.4 Å². The number of benzene rings is 2. The molecule has 1 aliphatic carbocycles. The normalized spacial score (nSPS) is 16.7. The standard InChI is InChI=1S/C38H38FN13O3.C3H6/c1-41-28-18-33(45-52-32(35(40)54)20-43-37(28)52)50-10-7-24-23(4-3-5-29(24)50)27-16-22(6-9-42-27)21-48-12-14-49(15-13-48)31-19-30-25(17-26(31)39)36(46-47(30)2)51-11-8-34(53)44-38(51)55;1-2-3-1/h3-6,9,16-20,41H,7-8,10-15,21H2,1-2H3,(H2,40,54)(H,44,53,55);1-3H2. The van der Waals surface area contributed by atoms with Crippen molar-refractivity contribution in [3.05, 3.63) is 83.6 Å². The van der Waals surface area contributed by atoms with Gasteiger partial charge in [0.2, 0.25) is 5.91 Å². The van der Waals surface area contributed by atoms with E-state index in [1.807, 2.05) is 24.4 Å². The summed E-state index contributed by atoms with van der Waals surface area (Å²) in [6.45, 7) is 4.37. The van der Waals surface area contributed by atoms with Gasteiger partial charge in [-0.15, -0.1) is 5.10 Å². The molecule has 0 unspecified atom stereocenters. The maximum atomic E-state index is 15.7. The summed E-state index contributed by atoms with van der Waals surface area (Å²) in [5.41, 5.74) is 13.6. The molecule has 0 radical (unpaired) electrons. The minimum Gasteiger partial charge on any atom is -0.385 e. The number of carbonyl (C=O) groups excluding carboxylic acids is 3. The summed E-state index contributed by atoms with van der Waals surface area (Å²) in [5, 5.41) is 15.3. The molecule has 4 aliphatic rings. The minimum absolute atomic E-state index is 0.159. The Balaban J connectivity index is 0.00000139. The minimum atomic E-state index is -0.602. The molecule has 0 spiro atoms. The van der Waals surface area contributed by atoms with Gasteiger partial charge < -0.3 is 20.9 Å². The molecule has 2 saturated heterocycles.